The number of amides is 2. The lowest BCUT2D eigenvalue weighted by Gasteiger charge is -2.51. The maximum Gasteiger partial charge on any atom is 0.254 e. The van der Waals surface area contributed by atoms with Crippen molar-refractivity contribution < 1.29 is 9.59 Å². The van der Waals surface area contributed by atoms with Crippen LogP contribution in [0, 0.1) is 0 Å². The summed E-state index contributed by atoms with van der Waals surface area (Å²) >= 11 is 6.14. The van der Waals surface area contributed by atoms with E-state index in [4.69, 9.17) is 11.6 Å². The first kappa shape index (κ1) is 20.1. The van der Waals surface area contributed by atoms with E-state index < -0.39 is 5.54 Å². The number of para-hydroxylation sites is 1. The molecule has 0 spiro atoms. The van der Waals surface area contributed by atoms with Gasteiger partial charge in [-0.3, -0.25) is 9.59 Å². The molecular weight excluding hydrogens is 410 g/mol. The zero-order valence-corrected chi connectivity index (χ0v) is 18.6. The van der Waals surface area contributed by atoms with Crippen LogP contribution in [-0.4, -0.2) is 46.2 Å². The number of benzene rings is 2. The zero-order valence-electron chi connectivity index (χ0n) is 17.8. The monoisotopic (exact) mass is 435 g/mol. The third-order valence-corrected chi connectivity index (χ3v) is 7.12. The summed E-state index contributed by atoms with van der Waals surface area (Å²) in [6.07, 6.45) is 1.87. The number of piperazine rings is 1. The molecular formula is C25H26ClN3O2. The van der Waals surface area contributed by atoms with Gasteiger partial charge in [0.15, 0.2) is 5.54 Å². The Hall–Kier alpha value is -2.79. The highest BCUT2D eigenvalue weighted by Gasteiger charge is 2.56. The van der Waals surface area contributed by atoms with Crippen LogP contribution in [-0.2, 0) is 15.1 Å². The fourth-order valence-electron chi connectivity index (χ4n) is 5.20. The van der Waals surface area contributed by atoms with Crippen LogP contribution < -0.4 is 0 Å². The van der Waals surface area contributed by atoms with Crippen LogP contribution in [0.4, 0.5) is 0 Å². The van der Waals surface area contributed by atoms with Gasteiger partial charge in [-0.05, 0) is 42.7 Å². The Morgan fingerprint density at radius 2 is 1.87 bits per heavy atom. The molecule has 5 rings (SSSR count). The zero-order chi connectivity index (χ0) is 21.8. The van der Waals surface area contributed by atoms with Crippen molar-refractivity contribution in [3.63, 3.8) is 0 Å². The molecule has 0 aliphatic carbocycles. The second-order valence-corrected chi connectivity index (χ2v) is 9.16. The van der Waals surface area contributed by atoms with Gasteiger partial charge in [0.2, 0.25) is 5.91 Å². The van der Waals surface area contributed by atoms with Gasteiger partial charge in [-0.25, -0.2) is 0 Å². The van der Waals surface area contributed by atoms with Crippen molar-refractivity contribution in [2.24, 2.45) is 0 Å². The van der Waals surface area contributed by atoms with Crippen molar-refractivity contribution in [3.8, 4) is 0 Å². The summed E-state index contributed by atoms with van der Waals surface area (Å²) in [6, 6.07) is 15.9. The van der Waals surface area contributed by atoms with Crippen LogP contribution >= 0.6 is 11.6 Å². The Balaban J connectivity index is 1.72. The molecule has 5 nitrogen and oxygen atoms in total. The SMILES string of the molecule is CCCCN1CC(=O)N2C[C@H](c3ccc(Cl)cc3)c3c([nH]c4ccccc34)[C@@]2(C)C1=O. The number of H-pyrrole nitrogens is 1. The molecule has 31 heavy (non-hydrogen) atoms. The van der Waals surface area contributed by atoms with E-state index in [0.29, 0.717) is 18.1 Å². The van der Waals surface area contributed by atoms with Crippen molar-refractivity contribution in [1.29, 1.82) is 0 Å². The van der Waals surface area contributed by atoms with E-state index in [-0.39, 0.29) is 24.3 Å². The molecule has 2 aromatic carbocycles. The largest absolute Gasteiger partial charge is 0.356 e. The number of nitrogens with zero attached hydrogens (tertiary/aromatic N) is 2. The Morgan fingerprint density at radius 3 is 2.61 bits per heavy atom. The summed E-state index contributed by atoms with van der Waals surface area (Å²) in [6.45, 7) is 5.23. The Kier molecular flexibility index (Phi) is 4.82. The number of carbonyl (C=O) groups is 2. The Morgan fingerprint density at radius 1 is 1.13 bits per heavy atom. The summed E-state index contributed by atoms with van der Waals surface area (Å²) in [4.78, 5) is 34.1. The number of nitrogens with one attached hydrogen (secondary N) is 1. The molecule has 2 aliphatic rings. The fraction of sp³-hybridized carbons (Fsp3) is 0.360. The summed E-state index contributed by atoms with van der Waals surface area (Å²) in [5, 5.41) is 1.78. The highest BCUT2D eigenvalue weighted by atomic mass is 35.5. The van der Waals surface area contributed by atoms with Gasteiger partial charge in [0.25, 0.3) is 5.91 Å². The first-order valence-electron chi connectivity index (χ1n) is 10.9. The molecule has 0 unspecified atom stereocenters. The number of aromatic nitrogens is 1. The van der Waals surface area contributed by atoms with Gasteiger partial charge in [-0.2, -0.15) is 0 Å². The highest BCUT2D eigenvalue weighted by molar-refractivity contribution is 6.30. The minimum absolute atomic E-state index is 0.00136. The number of hydrogen-bond acceptors (Lipinski definition) is 2. The van der Waals surface area contributed by atoms with Crippen LogP contribution in [0.15, 0.2) is 48.5 Å². The van der Waals surface area contributed by atoms with E-state index in [9.17, 15) is 9.59 Å². The van der Waals surface area contributed by atoms with Crippen LogP contribution in [0.5, 0.6) is 0 Å². The smallest absolute Gasteiger partial charge is 0.254 e. The van der Waals surface area contributed by atoms with Gasteiger partial charge >= 0.3 is 0 Å². The lowest BCUT2D eigenvalue weighted by molar-refractivity contribution is -0.166. The summed E-state index contributed by atoms with van der Waals surface area (Å²) < 4.78 is 0. The first-order chi connectivity index (χ1) is 14.9. The van der Waals surface area contributed by atoms with Crippen molar-refractivity contribution in [2.75, 3.05) is 19.6 Å². The molecule has 160 valence electrons. The molecule has 0 saturated carbocycles. The maximum atomic E-state index is 13.8. The molecule has 2 aliphatic heterocycles. The molecule has 3 aromatic rings. The molecule has 1 fully saturated rings. The standard InChI is InChI=1S/C25H26ClN3O2/c1-3-4-13-28-15-21(30)29-14-19(16-9-11-17(26)12-10-16)22-18-7-5-6-8-20(18)27-23(22)25(29,2)24(28)31/h5-12,19,27H,3-4,13-15H2,1-2H3/t19-,25+/m1/s1. The Labute approximate surface area is 187 Å². The van der Waals surface area contributed by atoms with Gasteiger partial charge in [0.1, 0.15) is 0 Å². The van der Waals surface area contributed by atoms with Crippen molar-refractivity contribution in [1.82, 2.24) is 14.8 Å². The van der Waals surface area contributed by atoms with Crippen LogP contribution in [0.3, 0.4) is 0 Å². The highest BCUT2D eigenvalue weighted by Crippen LogP contribution is 2.48. The molecule has 1 N–H and O–H groups in total. The predicted octanol–water partition coefficient (Wildman–Crippen LogP) is 4.65. The molecule has 2 atom stereocenters. The number of halogens is 1. The van der Waals surface area contributed by atoms with E-state index in [1.165, 1.54) is 0 Å². The number of unbranched alkanes of at least 4 members (excludes halogenated alkanes) is 1. The van der Waals surface area contributed by atoms with Gasteiger partial charge in [0, 0.05) is 34.9 Å². The van der Waals surface area contributed by atoms with E-state index in [0.717, 1.165) is 40.6 Å². The third kappa shape index (κ3) is 2.98. The van der Waals surface area contributed by atoms with Crippen molar-refractivity contribution in [2.45, 2.75) is 38.1 Å². The third-order valence-electron chi connectivity index (χ3n) is 6.87. The second kappa shape index (κ2) is 7.41. The van der Waals surface area contributed by atoms with Crippen LogP contribution in [0.1, 0.15) is 49.4 Å². The maximum absolute atomic E-state index is 13.8. The minimum Gasteiger partial charge on any atom is -0.356 e. The van der Waals surface area contributed by atoms with Gasteiger partial charge in [-0.1, -0.05) is 55.3 Å². The van der Waals surface area contributed by atoms with Gasteiger partial charge in [-0.15, -0.1) is 0 Å². The molecule has 1 aromatic heterocycles. The lowest BCUT2D eigenvalue weighted by Crippen LogP contribution is -2.67. The average Bonchev–Trinajstić information content (AvgIpc) is 3.17. The minimum atomic E-state index is -1.03. The number of fused-ring (bicyclic) bond motifs is 5. The van der Waals surface area contributed by atoms with Crippen molar-refractivity contribution >= 4 is 34.3 Å². The molecule has 3 heterocycles. The molecule has 0 bridgehead atoms. The molecule has 6 heteroatoms. The molecule has 2 amide bonds. The predicted molar refractivity (Wildman–Crippen MR) is 122 cm³/mol. The average molecular weight is 436 g/mol. The summed E-state index contributed by atoms with van der Waals surface area (Å²) in [7, 11) is 0. The van der Waals surface area contributed by atoms with Crippen molar-refractivity contribution in [3.05, 3.63) is 70.4 Å². The van der Waals surface area contributed by atoms with Gasteiger partial charge < -0.3 is 14.8 Å². The van der Waals surface area contributed by atoms with E-state index in [2.05, 4.69) is 18.0 Å². The van der Waals surface area contributed by atoms with E-state index in [1.54, 1.807) is 9.80 Å². The molecule has 0 radical (unpaired) electrons. The normalized spacial score (nSPS) is 23.3. The summed E-state index contributed by atoms with van der Waals surface area (Å²) in [5.41, 5.74) is 2.99. The number of rotatable bonds is 4. The molecule has 1 saturated heterocycles. The van der Waals surface area contributed by atoms with Crippen LogP contribution in [0.25, 0.3) is 10.9 Å². The fourth-order valence-corrected chi connectivity index (χ4v) is 5.33. The number of carbonyl (C=O) groups excluding carboxylic acids is 2. The van der Waals surface area contributed by atoms with E-state index in [1.807, 2.05) is 49.4 Å². The lowest BCUT2D eigenvalue weighted by atomic mass is 9.76. The first-order valence-corrected chi connectivity index (χ1v) is 11.3. The topological polar surface area (TPSA) is 56.4 Å². The van der Waals surface area contributed by atoms with E-state index >= 15 is 0 Å². The van der Waals surface area contributed by atoms with Gasteiger partial charge in [0.05, 0.1) is 12.2 Å². The quantitative estimate of drug-likeness (QED) is 0.648. The Bertz CT molecular complexity index is 1170. The number of hydrogen-bond donors (Lipinski definition) is 1. The number of aromatic amines is 1. The van der Waals surface area contributed by atoms with Crippen LogP contribution in [0.2, 0.25) is 5.02 Å². The second-order valence-electron chi connectivity index (χ2n) is 8.72. The summed E-state index contributed by atoms with van der Waals surface area (Å²) in [5.74, 6) is -0.0279.